The average Bonchev–Trinajstić information content (AvgIpc) is 3.44. The zero-order valence-electron chi connectivity index (χ0n) is 13.4. The van der Waals surface area contributed by atoms with Gasteiger partial charge in [-0.05, 0) is 30.5 Å². The molecule has 0 spiro atoms. The zero-order chi connectivity index (χ0) is 16.9. The van der Waals surface area contributed by atoms with Crippen molar-refractivity contribution in [1.82, 2.24) is 10.3 Å². The monoisotopic (exact) mass is 325 g/mol. The quantitative estimate of drug-likeness (QED) is 0.797. The third-order valence-electron chi connectivity index (χ3n) is 3.80. The number of anilines is 1. The van der Waals surface area contributed by atoms with Crippen LogP contribution in [-0.4, -0.2) is 30.0 Å². The van der Waals surface area contributed by atoms with E-state index in [0.29, 0.717) is 17.2 Å². The van der Waals surface area contributed by atoms with Gasteiger partial charge in [0.15, 0.2) is 6.04 Å². The Hall–Kier alpha value is -2.89. The largest absolute Gasteiger partial charge is 0.467 e. The molecule has 3 rings (SSSR count). The van der Waals surface area contributed by atoms with Gasteiger partial charge in [-0.1, -0.05) is 30.3 Å². The summed E-state index contributed by atoms with van der Waals surface area (Å²) in [6.07, 6.45) is 3.81. The van der Waals surface area contributed by atoms with Crippen LogP contribution in [0.4, 0.5) is 5.82 Å². The van der Waals surface area contributed by atoms with Crippen molar-refractivity contribution in [2.45, 2.75) is 24.9 Å². The molecule has 0 saturated heterocycles. The molecule has 0 radical (unpaired) electrons. The first-order valence-electron chi connectivity index (χ1n) is 7.83. The molecule has 1 atom stereocenters. The van der Waals surface area contributed by atoms with E-state index >= 15 is 0 Å². The first kappa shape index (κ1) is 16.0. The molecular formula is C18H19N3O3. The summed E-state index contributed by atoms with van der Waals surface area (Å²) in [4.78, 5) is 28.7. The Labute approximate surface area is 140 Å². The molecule has 1 fully saturated rings. The van der Waals surface area contributed by atoms with Gasteiger partial charge in [0.25, 0.3) is 5.91 Å². The Kier molecular flexibility index (Phi) is 4.74. The lowest BCUT2D eigenvalue weighted by Gasteiger charge is -2.17. The molecule has 1 aromatic carbocycles. The summed E-state index contributed by atoms with van der Waals surface area (Å²) in [6, 6.07) is 12.1. The summed E-state index contributed by atoms with van der Waals surface area (Å²) in [7, 11) is 1.30. The van der Waals surface area contributed by atoms with Crippen LogP contribution in [0.3, 0.4) is 0 Å². The number of carbonyl (C=O) groups excluding carboxylic acids is 2. The summed E-state index contributed by atoms with van der Waals surface area (Å²) >= 11 is 0. The number of hydrogen-bond donors (Lipinski definition) is 2. The van der Waals surface area contributed by atoms with Crippen LogP contribution in [0.15, 0.2) is 48.7 Å². The first-order chi connectivity index (χ1) is 11.7. The lowest BCUT2D eigenvalue weighted by Crippen LogP contribution is -2.34. The molecule has 1 aliphatic rings. The Bertz CT molecular complexity index is 712. The summed E-state index contributed by atoms with van der Waals surface area (Å²) < 4.78 is 4.79. The SMILES string of the molecule is COC(=O)[C@@H](NC(=O)c1ccc(NC2CC2)nc1)c1ccccc1. The van der Waals surface area contributed by atoms with Crippen molar-refractivity contribution in [3.05, 3.63) is 59.8 Å². The number of rotatable bonds is 6. The number of aromatic nitrogens is 1. The molecule has 124 valence electrons. The maximum absolute atomic E-state index is 12.4. The number of methoxy groups -OCH3 is 1. The molecule has 0 aliphatic heterocycles. The maximum atomic E-state index is 12.4. The van der Waals surface area contributed by atoms with Crippen LogP contribution in [0.25, 0.3) is 0 Å². The summed E-state index contributed by atoms with van der Waals surface area (Å²) in [5, 5.41) is 5.96. The number of ether oxygens (including phenoxy) is 1. The van der Waals surface area contributed by atoms with Gasteiger partial charge in [0.1, 0.15) is 5.82 Å². The fraction of sp³-hybridized carbons (Fsp3) is 0.278. The highest BCUT2D eigenvalue weighted by atomic mass is 16.5. The molecule has 0 unspecified atom stereocenters. The van der Waals surface area contributed by atoms with Crippen molar-refractivity contribution in [2.24, 2.45) is 0 Å². The molecule has 1 aromatic heterocycles. The first-order valence-corrected chi connectivity index (χ1v) is 7.83. The second-order valence-electron chi connectivity index (χ2n) is 5.69. The van der Waals surface area contributed by atoms with Gasteiger partial charge in [0.2, 0.25) is 0 Å². The van der Waals surface area contributed by atoms with Gasteiger partial charge in [0, 0.05) is 12.2 Å². The van der Waals surface area contributed by atoms with Gasteiger partial charge in [-0.3, -0.25) is 4.79 Å². The van der Waals surface area contributed by atoms with Crippen molar-refractivity contribution in [2.75, 3.05) is 12.4 Å². The predicted molar refractivity (Wildman–Crippen MR) is 89.5 cm³/mol. The van der Waals surface area contributed by atoms with E-state index in [0.717, 1.165) is 18.7 Å². The second kappa shape index (κ2) is 7.12. The van der Waals surface area contributed by atoms with Gasteiger partial charge >= 0.3 is 5.97 Å². The third kappa shape index (κ3) is 3.90. The van der Waals surface area contributed by atoms with Crippen molar-refractivity contribution < 1.29 is 14.3 Å². The highest BCUT2D eigenvalue weighted by Gasteiger charge is 2.24. The number of nitrogens with one attached hydrogen (secondary N) is 2. The molecule has 2 aromatic rings. The number of benzene rings is 1. The molecule has 24 heavy (non-hydrogen) atoms. The number of hydrogen-bond acceptors (Lipinski definition) is 5. The number of carbonyl (C=O) groups is 2. The van der Waals surface area contributed by atoms with Gasteiger partial charge in [0.05, 0.1) is 12.7 Å². The summed E-state index contributed by atoms with van der Waals surface area (Å²) in [5.74, 6) is -0.143. The third-order valence-corrected chi connectivity index (χ3v) is 3.80. The van der Waals surface area contributed by atoms with Gasteiger partial charge in [-0.2, -0.15) is 0 Å². The number of nitrogens with zero attached hydrogens (tertiary/aromatic N) is 1. The molecule has 1 amide bonds. The predicted octanol–water partition coefficient (Wildman–Crippen LogP) is 2.30. The van der Waals surface area contributed by atoms with Crippen LogP contribution in [0.2, 0.25) is 0 Å². The Morgan fingerprint density at radius 3 is 2.50 bits per heavy atom. The van der Waals surface area contributed by atoms with Crippen LogP contribution in [0.1, 0.15) is 34.8 Å². The minimum Gasteiger partial charge on any atom is -0.467 e. The zero-order valence-corrected chi connectivity index (χ0v) is 13.4. The standard InChI is InChI=1S/C18H19N3O3/c1-24-18(23)16(12-5-3-2-4-6-12)21-17(22)13-7-10-15(19-11-13)20-14-8-9-14/h2-7,10-11,14,16H,8-9H2,1H3,(H,19,20)(H,21,22)/t16-/m0/s1. The molecule has 0 bridgehead atoms. The minimum atomic E-state index is -0.854. The van der Waals surface area contributed by atoms with Gasteiger partial charge in [-0.25, -0.2) is 9.78 Å². The topological polar surface area (TPSA) is 80.3 Å². The van der Waals surface area contributed by atoms with E-state index in [2.05, 4.69) is 15.6 Å². The Morgan fingerprint density at radius 2 is 1.92 bits per heavy atom. The fourth-order valence-corrected chi connectivity index (χ4v) is 2.31. The lowest BCUT2D eigenvalue weighted by atomic mass is 10.1. The van der Waals surface area contributed by atoms with Crippen molar-refractivity contribution in [3.63, 3.8) is 0 Å². The fourth-order valence-electron chi connectivity index (χ4n) is 2.31. The smallest absolute Gasteiger partial charge is 0.333 e. The van der Waals surface area contributed by atoms with Crippen molar-refractivity contribution >= 4 is 17.7 Å². The van der Waals surface area contributed by atoms with E-state index < -0.39 is 12.0 Å². The van der Waals surface area contributed by atoms with Crippen molar-refractivity contribution in [3.8, 4) is 0 Å². The second-order valence-corrected chi connectivity index (χ2v) is 5.69. The molecule has 1 aliphatic carbocycles. The summed E-state index contributed by atoms with van der Waals surface area (Å²) in [6.45, 7) is 0. The average molecular weight is 325 g/mol. The number of pyridine rings is 1. The van der Waals surface area contributed by atoms with Gasteiger partial charge < -0.3 is 15.4 Å². The molecular weight excluding hydrogens is 306 g/mol. The minimum absolute atomic E-state index is 0.375. The van der Waals surface area contributed by atoms with E-state index in [1.54, 1.807) is 36.4 Å². The molecule has 6 heteroatoms. The van der Waals surface area contributed by atoms with Crippen LogP contribution >= 0.6 is 0 Å². The molecule has 1 heterocycles. The van der Waals surface area contributed by atoms with E-state index in [1.165, 1.54) is 13.3 Å². The number of amides is 1. The molecule has 6 nitrogen and oxygen atoms in total. The molecule has 1 saturated carbocycles. The summed E-state index contributed by atoms with van der Waals surface area (Å²) in [5.41, 5.74) is 1.05. The number of esters is 1. The normalized spacial score (nSPS) is 14.5. The highest BCUT2D eigenvalue weighted by Crippen LogP contribution is 2.23. The van der Waals surface area contributed by atoms with E-state index in [1.807, 2.05) is 6.07 Å². The Balaban J connectivity index is 1.71. The van der Waals surface area contributed by atoms with E-state index in [9.17, 15) is 9.59 Å². The van der Waals surface area contributed by atoms with Crippen molar-refractivity contribution in [1.29, 1.82) is 0 Å². The highest BCUT2D eigenvalue weighted by molar-refractivity contribution is 5.96. The Morgan fingerprint density at radius 1 is 1.17 bits per heavy atom. The van der Waals surface area contributed by atoms with Crippen LogP contribution < -0.4 is 10.6 Å². The van der Waals surface area contributed by atoms with Crippen LogP contribution in [-0.2, 0) is 9.53 Å². The van der Waals surface area contributed by atoms with Gasteiger partial charge in [-0.15, -0.1) is 0 Å². The molecule has 2 N–H and O–H groups in total. The van der Waals surface area contributed by atoms with Crippen LogP contribution in [0.5, 0.6) is 0 Å². The van der Waals surface area contributed by atoms with Crippen LogP contribution in [0, 0.1) is 0 Å². The lowest BCUT2D eigenvalue weighted by molar-refractivity contribution is -0.143. The van der Waals surface area contributed by atoms with E-state index in [4.69, 9.17) is 4.74 Å². The maximum Gasteiger partial charge on any atom is 0.333 e. The van der Waals surface area contributed by atoms with E-state index in [-0.39, 0.29) is 5.91 Å².